The smallest absolute Gasteiger partial charge is 0.251 e. The van der Waals surface area contributed by atoms with Crippen LogP contribution in [0.25, 0.3) is 16.4 Å². The average molecular weight is 457 g/mol. The highest BCUT2D eigenvalue weighted by Crippen LogP contribution is 2.20. The van der Waals surface area contributed by atoms with E-state index in [1.54, 1.807) is 18.5 Å². The van der Waals surface area contributed by atoms with E-state index in [4.69, 9.17) is 17.3 Å². The van der Waals surface area contributed by atoms with Crippen molar-refractivity contribution < 1.29 is 4.79 Å². The zero-order valence-corrected chi connectivity index (χ0v) is 18.7. The van der Waals surface area contributed by atoms with E-state index in [9.17, 15) is 4.79 Å². The molecule has 0 bridgehead atoms. The van der Waals surface area contributed by atoms with Gasteiger partial charge in [0.15, 0.2) is 0 Å². The van der Waals surface area contributed by atoms with Crippen LogP contribution >= 0.6 is 11.6 Å². The monoisotopic (exact) mass is 456 g/mol. The van der Waals surface area contributed by atoms with E-state index in [-0.39, 0.29) is 5.91 Å². The number of anilines is 1. The largest absolute Gasteiger partial charge is 0.382 e. The molecule has 4 heterocycles. The molecule has 0 aliphatic heterocycles. The summed E-state index contributed by atoms with van der Waals surface area (Å²) < 4.78 is 1.92. The average Bonchev–Trinajstić information content (AvgIpc) is 3.10. The van der Waals surface area contributed by atoms with E-state index in [2.05, 4.69) is 20.3 Å². The molecule has 1 amide bonds. The van der Waals surface area contributed by atoms with Crippen molar-refractivity contribution in [3.8, 4) is 0 Å². The van der Waals surface area contributed by atoms with Crippen LogP contribution in [0.3, 0.4) is 0 Å². The molecular formula is C25H21ClN6O. The Morgan fingerprint density at radius 1 is 1.09 bits per heavy atom. The number of benzene rings is 1. The summed E-state index contributed by atoms with van der Waals surface area (Å²) in [6, 6.07) is 15.3. The summed E-state index contributed by atoms with van der Waals surface area (Å²) in [5, 5.41) is 4.55. The number of amides is 1. The number of nitrogens with one attached hydrogen (secondary N) is 1. The number of carbonyl (C=O) groups is 1. The number of hydrogen-bond donors (Lipinski definition) is 2. The van der Waals surface area contributed by atoms with Gasteiger partial charge in [0.05, 0.1) is 16.1 Å². The first-order valence-corrected chi connectivity index (χ1v) is 10.8. The molecule has 0 fully saturated rings. The molecule has 0 spiro atoms. The number of halogens is 1. The van der Waals surface area contributed by atoms with Gasteiger partial charge >= 0.3 is 0 Å². The summed E-state index contributed by atoms with van der Waals surface area (Å²) in [6.45, 7) is 2.28. The van der Waals surface area contributed by atoms with Gasteiger partial charge < -0.3 is 15.5 Å². The highest BCUT2D eigenvalue weighted by molar-refractivity contribution is 6.31. The SMILES string of the molecule is Cc1nc(N)c2ccc(CNC(=O)c3ccnc(Cc4ccc5ncc(Cl)cc5c4)c3)cn12. The minimum absolute atomic E-state index is 0.157. The van der Waals surface area contributed by atoms with Crippen molar-refractivity contribution in [2.24, 2.45) is 0 Å². The van der Waals surface area contributed by atoms with Gasteiger partial charge in [-0.3, -0.25) is 14.8 Å². The quantitative estimate of drug-likeness (QED) is 0.410. The topological polar surface area (TPSA) is 98.2 Å². The minimum atomic E-state index is -0.157. The molecule has 8 heteroatoms. The van der Waals surface area contributed by atoms with Crippen molar-refractivity contribution in [2.75, 3.05) is 5.73 Å². The Hall–Kier alpha value is -3.97. The summed E-state index contributed by atoms with van der Waals surface area (Å²) in [5.41, 5.74) is 11.0. The number of pyridine rings is 3. The molecule has 5 aromatic rings. The normalized spacial score (nSPS) is 11.2. The molecule has 164 valence electrons. The molecule has 0 aliphatic rings. The van der Waals surface area contributed by atoms with Crippen LogP contribution in [0.1, 0.15) is 33.0 Å². The lowest BCUT2D eigenvalue weighted by Gasteiger charge is -2.08. The molecule has 0 saturated carbocycles. The molecular weight excluding hydrogens is 436 g/mol. The number of fused-ring (bicyclic) bond motifs is 2. The lowest BCUT2D eigenvalue weighted by molar-refractivity contribution is 0.0950. The number of imidazole rings is 1. The third-order valence-electron chi connectivity index (χ3n) is 5.53. The first-order valence-electron chi connectivity index (χ1n) is 10.5. The van der Waals surface area contributed by atoms with Gasteiger partial charge in [-0.05, 0) is 54.4 Å². The van der Waals surface area contributed by atoms with Gasteiger partial charge in [-0.25, -0.2) is 4.98 Å². The van der Waals surface area contributed by atoms with Gasteiger partial charge in [-0.1, -0.05) is 23.7 Å². The summed E-state index contributed by atoms with van der Waals surface area (Å²) in [5.74, 6) is 1.15. The third-order valence-corrected chi connectivity index (χ3v) is 5.74. The Morgan fingerprint density at radius 3 is 2.82 bits per heavy atom. The Kier molecular flexibility index (Phi) is 5.40. The lowest BCUT2D eigenvalue weighted by Crippen LogP contribution is -2.23. The first kappa shape index (κ1) is 20.9. The highest BCUT2D eigenvalue weighted by atomic mass is 35.5. The highest BCUT2D eigenvalue weighted by Gasteiger charge is 2.10. The fourth-order valence-electron chi connectivity index (χ4n) is 3.89. The van der Waals surface area contributed by atoms with Gasteiger partial charge in [0.1, 0.15) is 11.6 Å². The number of hydrogen-bond acceptors (Lipinski definition) is 5. The molecule has 7 nitrogen and oxygen atoms in total. The third kappa shape index (κ3) is 4.36. The van der Waals surface area contributed by atoms with Crippen molar-refractivity contribution in [1.29, 1.82) is 0 Å². The minimum Gasteiger partial charge on any atom is -0.382 e. The van der Waals surface area contributed by atoms with E-state index < -0.39 is 0 Å². The maximum absolute atomic E-state index is 12.8. The molecule has 0 radical (unpaired) electrons. The van der Waals surface area contributed by atoms with Crippen molar-refractivity contribution in [3.63, 3.8) is 0 Å². The van der Waals surface area contributed by atoms with Crippen LogP contribution in [0.2, 0.25) is 5.02 Å². The molecule has 3 N–H and O–H groups in total. The van der Waals surface area contributed by atoms with Gasteiger partial charge in [-0.15, -0.1) is 0 Å². The van der Waals surface area contributed by atoms with Crippen LogP contribution in [0.5, 0.6) is 0 Å². The van der Waals surface area contributed by atoms with Gasteiger partial charge in [0, 0.05) is 48.2 Å². The second-order valence-corrected chi connectivity index (χ2v) is 8.35. The summed E-state index contributed by atoms with van der Waals surface area (Å²) in [7, 11) is 0. The summed E-state index contributed by atoms with van der Waals surface area (Å²) >= 11 is 6.07. The van der Waals surface area contributed by atoms with E-state index in [1.807, 2.05) is 60.0 Å². The molecule has 0 saturated heterocycles. The number of nitrogen functional groups attached to an aromatic ring is 1. The van der Waals surface area contributed by atoms with E-state index in [0.29, 0.717) is 29.4 Å². The summed E-state index contributed by atoms with van der Waals surface area (Å²) in [6.07, 6.45) is 5.83. The van der Waals surface area contributed by atoms with E-state index >= 15 is 0 Å². The van der Waals surface area contributed by atoms with Crippen molar-refractivity contribution >= 4 is 39.7 Å². The van der Waals surface area contributed by atoms with Crippen LogP contribution in [0.15, 0.2) is 67.1 Å². The molecule has 33 heavy (non-hydrogen) atoms. The second kappa shape index (κ2) is 8.52. The predicted molar refractivity (Wildman–Crippen MR) is 129 cm³/mol. The maximum atomic E-state index is 12.8. The first-order chi connectivity index (χ1) is 16.0. The number of carbonyl (C=O) groups excluding carboxylic acids is 1. The zero-order chi connectivity index (χ0) is 22.9. The van der Waals surface area contributed by atoms with Crippen molar-refractivity contribution in [2.45, 2.75) is 19.9 Å². The van der Waals surface area contributed by atoms with Crippen LogP contribution < -0.4 is 11.1 Å². The van der Waals surface area contributed by atoms with Crippen LogP contribution in [-0.4, -0.2) is 25.3 Å². The number of rotatable bonds is 5. The number of nitrogens with two attached hydrogens (primary N) is 1. The molecule has 4 aromatic heterocycles. The summed E-state index contributed by atoms with van der Waals surface area (Å²) in [4.78, 5) is 25.8. The zero-order valence-electron chi connectivity index (χ0n) is 17.9. The van der Waals surface area contributed by atoms with E-state index in [1.165, 1.54) is 0 Å². The predicted octanol–water partition coefficient (Wildman–Crippen LogP) is 4.34. The van der Waals surface area contributed by atoms with Crippen LogP contribution in [-0.2, 0) is 13.0 Å². The Morgan fingerprint density at radius 2 is 1.94 bits per heavy atom. The number of nitrogens with zero attached hydrogens (tertiary/aromatic N) is 4. The molecule has 0 unspecified atom stereocenters. The maximum Gasteiger partial charge on any atom is 0.251 e. The van der Waals surface area contributed by atoms with Gasteiger partial charge in [-0.2, -0.15) is 0 Å². The molecule has 1 aromatic carbocycles. The molecule has 5 rings (SSSR count). The van der Waals surface area contributed by atoms with Crippen molar-refractivity contribution in [3.05, 3.63) is 100 Å². The standard InChI is InChI=1S/C25H21ClN6O/c1-15-31-24(27)23-5-3-17(14-32(15)23)12-30-25(33)18-6-7-28-21(11-18)9-16-2-4-22-19(8-16)10-20(26)13-29-22/h2-8,10-11,13-14H,9,12,27H2,1H3,(H,30,33). The van der Waals surface area contributed by atoms with Gasteiger partial charge in [0.25, 0.3) is 5.91 Å². The fraction of sp³-hybridized carbons (Fsp3) is 0.120. The second-order valence-electron chi connectivity index (χ2n) is 7.91. The fourth-order valence-corrected chi connectivity index (χ4v) is 4.05. The van der Waals surface area contributed by atoms with Crippen LogP contribution in [0, 0.1) is 6.92 Å². The lowest BCUT2D eigenvalue weighted by atomic mass is 10.0. The number of aryl methyl sites for hydroxylation is 1. The number of aromatic nitrogens is 4. The molecule has 0 atom stereocenters. The Labute approximate surface area is 195 Å². The Bertz CT molecular complexity index is 1510. The molecule has 0 aliphatic carbocycles. The van der Waals surface area contributed by atoms with Gasteiger partial charge in [0.2, 0.25) is 0 Å². The van der Waals surface area contributed by atoms with Crippen LogP contribution in [0.4, 0.5) is 5.82 Å². The van der Waals surface area contributed by atoms with E-state index in [0.717, 1.165) is 39.1 Å². The van der Waals surface area contributed by atoms with Crippen molar-refractivity contribution in [1.82, 2.24) is 24.7 Å². The Balaban J connectivity index is 1.29.